The molecule has 0 aromatic heterocycles. The van der Waals surface area contributed by atoms with Crippen molar-refractivity contribution < 1.29 is 23.4 Å². The van der Waals surface area contributed by atoms with Gasteiger partial charge in [0.2, 0.25) is 0 Å². The van der Waals surface area contributed by atoms with E-state index in [2.05, 4.69) is 0 Å². The SMILES string of the molecule is Cc1cc(C(F)(F)F)ccc1C(O)CCCO. The van der Waals surface area contributed by atoms with Gasteiger partial charge in [-0.15, -0.1) is 0 Å². The first-order chi connectivity index (χ1) is 7.86. The van der Waals surface area contributed by atoms with Gasteiger partial charge in [-0.25, -0.2) is 0 Å². The van der Waals surface area contributed by atoms with E-state index in [1.54, 1.807) is 0 Å². The van der Waals surface area contributed by atoms with Crippen molar-refractivity contribution >= 4 is 0 Å². The first kappa shape index (κ1) is 14.0. The van der Waals surface area contributed by atoms with E-state index in [0.717, 1.165) is 12.1 Å². The molecule has 1 rings (SSSR count). The molecule has 0 amide bonds. The number of rotatable bonds is 4. The Labute approximate surface area is 97.7 Å². The molecule has 2 nitrogen and oxygen atoms in total. The molecule has 1 unspecified atom stereocenters. The van der Waals surface area contributed by atoms with E-state index in [0.29, 0.717) is 24.0 Å². The zero-order valence-electron chi connectivity index (χ0n) is 9.46. The van der Waals surface area contributed by atoms with Crippen LogP contribution in [0.25, 0.3) is 0 Å². The Balaban J connectivity index is 2.90. The average Bonchev–Trinajstić information content (AvgIpc) is 2.24. The molecule has 17 heavy (non-hydrogen) atoms. The first-order valence-electron chi connectivity index (χ1n) is 5.33. The van der Waals surface area contributed by atoms with Crippen LogP contribution in [0.5, 0.6) is 0 Å². The fourth-order valence-corrected chi connectivity index (χ4v) is 1.67. The third-order valence-electron chi connectivity index (χ3n) is 2.59. The number of aryl methyl sites for hydroxylation is 1. The summed E-state index contributed by atoms with van der Waals surface area (Å²) >= 11 is 0. The van der Waals surface area contributed by atoms with Crippen molar-refractivity contribution in [2.45, 2.75) is 32.0 Å². The van der Waals surface area contributed by atoms with Gasteiger partial charge in [0.05, 0.1) is 11.7 Å². The lowest BCUT2D eigenvalue weighted by atomic mass is 9.98. The number of alkyl halides is 3. The van der Waals surface area contributed by atoms with Gasteiger partial charge in [0, 0.05) is 6.61 Å². The summed E-state index contributed by atoms with van der Waals surface area (Å²) in [6.45, 7) is 1.49. The third kappa shape index (κ3) is 3.71. The molecule has 0 bridgehead atoms. The molecule has 0 spiro atoms. The fourth-order valence-electron chi connectivity index (χ4n) is 1.67. The lowest BCUT2D eigenvalue weighted by Gasteiger charge is -2.15. The fraction of sp³-hybridized carbons (Fsp3) is 0.500. The minimum absolute atomic E-state index is 0.0449. The standard InChI is InChI=1S/C12H15F3O2/c1-8-7-9(12(13,14)15)4-5-10(8)11(17)3-2-6-16/h4-5,7,11,16-17H,2-3,6H2,1H3. The van der Waals surface area contributed by atoms with Crippen LogP contribution in [0.15, 0.2) is 18.2 Å². The van der Waals surface area contributed by atoms with E-state index in [1.165, 1.54) is 13.0 Å². The van der Waals surface area contributed by atoms with E-state index < -0.39 is 17.8 Å². The van der Waals surface area contributed by atoms with Crippen LogP contribution >= 0.6 is 0 Å². The van der Waals surface area contributed by atoms with Crippen LogP contribution in [0.1, 0.15) is 35.6 Å². The molecule has 0 heterocycles. The van der Waals surface area contributed by atoms with E-state index in [9.17, 15) is 18.3 Å². The van der Waals surface area contributed by atoms with Crippen molar-refractivity contribution in [2.24, 2.45) is 0 Å². The predicted octanol–water partition coefficient (Wildman–Crippen LogP) is 2.82. The largest absolute Gasteiger partial charge is 0.416 e. The molecule has 0 saturated heterocycles. The lowest BCUT2D eigenvalue weighted by molar-refractivity contribution is -0.137. The topological polar surface area (TPSA) is 40.5 Å². The van der Waals surface area contributed by atoms with Gasteiger partial charge < -0.3 is 10.2 Å². The van der Waals surface area contributed by atoms with Gasteiger partial charge in [0.15, 0.2) is 0 Å². The molecule has 5 heteroatoms. The van der Waals surface area contributed by atoms with E-state index >= 15 is 0 Å². The molecule has 0 saturated carbocycles. The minimum atomic E-state index is -4.36. The summed E-state index contributed by atoms with van der Waals surface area (Å²) in [5.74, 6) is 0. The molecule has 0 aliphatic rings. The zero-order valence-corrected chi connectivity index (χ0v) is 9.46. The maximum Gasteiger partial charge on any atom is 0.416 e. The number of aliphatic hydroxyl groups excluding tert-OH is 2. The quantitative estimate of drug-likeness (QED) is 0.860. The van der Waals surface area contributed by atoms with Crippen LogP contribution in [0, 0.1) is 6.92 Å². The van der Waals surface area contributed by atoms with Crippen LogP contribution in [0.2, 0.25) is 0 Å². The van der Waals surface area contributed by atoms with E-state index in [-0.39, 0.29) is 6.61 Å². The summed E-state index contributed by atoms with van der Waals surface area (Å²) in [6, 6.07) is 3.28. The van der Waals surface area contributed by atoms with Gasteiger partial charge in [-0.3, -0.25) is 0 Å². The molecule has 96 valence electrons. The molecular formula is C12H15F3O2. The Bertz CT molecular complexity index is 375. The molecule has 2 N–H and O–H groups in total. The first-order valence-corrected chi connectivity index (χ1v) is 5.33. The van der Waals surface area contributed by atoms with Crippen molar-refractivity contribution in [2.75, 3.05) is 6.61 Å². The van der Waals surface area contributed by atoms with E-state index in [4.69, 9.17) is 5.11 Å². The van der Waals surface area contributed by atoms with Gasteiger partial charge in [-0.05, 0) is 43.0 Å². The van der Waals surface area contributed by atoms with Gasteiger partial charge >= 0.3 is 6.18 Å². The lowest BCUT2D eigenvalue weighted by Crippen LogP contribution is -2.07. The van der Waals surface area contributed by atoms with Crippen LogP contribution < -0.4 is 0 Å². The molecule has 1 atom stereocenters. The van der Waals surface area contributed by atoms with Crippen LogP contribution in [-0.4, -0.2) is 16.8 Å². The second kappa shape index (κ2) is 5.51. The van der Waals surface area contributed by atoms with Gasteiger partial charge in [0.25, 0.3) is 0 Å². The summed E-state index contributed by atoms with van der Waals surface area (Å²) in [5, 5.41) is 18.4. The molecule has 1 aromatic carbocycles. The van der Waals surface area contributed by atoms with Crippen molar-refractivity contribution in [1.29, 1.82) is 0 Å². The summed E-state index contributed by atoms with van der Waals surface area (Å²) in [4.78, 5) is 0. The Morgan fingerprint density at radius 1 is 1.29 bits per heavy atom. The minimum Gasteiger partial charge on any atom is -0.396 e. The molecule has 0 aliphatic heterocycles. The van der Waals surface area contributed by atoms with Crippen molar-refractivity contribution in [3.8, 4) is 0 Å². The molecule has 0 fully saturated rings. The molecule has 1 aromatic rings. The number of aliphatic hydroxyl groups is 2. The van der Waals surface area contributed by atoms with Crippen LogP contribution in [-0.2, 0) is 6.18 Å². The van der Waals surface area contributed by atoms with Crippen molar-refractivity contribution in [3.63, 3.8) is 0 Å². The Morgan fingerprint density at radius 3 is 2.41 bits per heavy atom. The molecule has 0 aliphatic carbocycles. The summed E-state index contributed by atoms with van der Waals surface area (Å²) < 4.78 is 37.2. The summed E-state index contributed by atoms with van der Waals surface area (Å²) in [6.07, 6.45) is -4.44. The number of benzene rings is 1. The Morgan fingerprint density at radius 2 is 1.94 bits per heavy atom. The normalized spacial score (nSPS) is 13.8. The number of halogens is 3. The smallest absolute Gasteiger partial charge is 0.396 e. The van der Waals surface area contributed by atoms with Crippen LogP contribution in [0.3, 0.4) is 0 Å². The summed E-state index contributed by atoms with van der Waals surface area (Å²) in [7, 11) is 0. The van der Waals surface area contributed by atoms with Gasteiger partial charge in [0.1, 0.15) is 0 Å². The number of hydrogen-bond acceptors (Lipinski definition) is 2. The highest BCUT2D eigenvalue weighted by Crippen LogP contribution is 2.32. The highest BCUT2D eigenvalue weighted by molar-refractivity contribution is 5.33. The third-order valence-corrected chi connectivity index (χ3v) is 2.59. The predicted molar refractivity (Wildman–Crippen MR) is 57.5 cm³/mol. The maximum atomic E-state index is 12.4. The van der Waals surface area contributed by atoms with Crippen LogP contribution in [0.4, 0.5) is 13.2 Å². The number of hydrogen-bond donors (Lipinski definition) is 2. The second-order valence-electron chi connectivity index (χ2n) is 3.95. The average molecular weight is 248 g/mol. The van der Waals surface area contributed by atoms with Gasteiger partial charge in [-0.1, -0.05) is 6.07 Å². The second-order valence-corrected chi connectivity index (χ2v) is 3.95. The molecule has 0 radical (unpaired) electrons. The maximum absolute atomic E-state index is 12.4. The molecular weight excluding hydrogens is 233 g/mol. The zero-order chi connectivity index (χ0) is 13.1. The highest BCUT2D eigenvalue weighted by atomic mass is 19.4. The van der Waals surface area contributed by atoms with Crippen molar-refractivity contribution in [1.82, 2.24) is 0 Å². The van der Waals surface area contributed by atoms with Crippen molar-refractivity contribution in [3.05, 3.63) is 34.9 Å². The summed E-state index contributed by atoms with van der Waals surface area (Å²) in [5.41, 5.74) is 0.171. The monoisotopic (exact) mass is 248 g/mol. The Hall–Kier alpha value is -1.07. The Kier molecular flexibility index (Phi) is 4.54. The van der Waals surface area contributed by atoms with Gasteiger partial charge in [-0.2, -0.15) is 13.2 Å². The highest BCUT2D eigenvalue weighted by Gasteiger charge is 2.30. The van der Waals surface area contributed by atoms with E-state index in [1.807, 2.05) is 0 Å².